The van der Waals surface area contributed by atoms with Gasteiger partial charge in [-0.3, -0.25) is 9.59 Å². The topological polar surface area (TPSA) is 61.9 Å². The summed E-state index contributed by atoms with van der Waals surface area (Å²) in [6.45, 7) is 1.88. The van der Waals surface area contributed by atoms with Crippen LogP contribution in [-0.2, 0) is 14.3 Å². The predicted octanol–water partition coefficient (Wildman–Crippen LogP) is -0.698. The van der Waals surface area contributed by atoms with Gasteiger partial charge >= 0.3 is 0 Å². The molecule has 0 spiro atoms. The largest absolute Gasteiger partial charge is 0.383 e. The van der Waals surface area contributed by atoms with Crippen LogP contribution < -0.4 is 5.32 Å². The highest BCUT2D eigenvalue weighted by atomic mass is 16.5. The third-order valence-electron chi connectivity index (χ3n) is 3.06. The Morgan fingerprint density at radius 1 is 1.39 bits per heavy atom. The van der Waals surface area contributed by atoms with Crippen molar-refractivity contribution in [3.05, 3.63) is 0 Å². The third kappa shape index (κ3) is 4.27. The van der Waals surface area contributed by atoms with E-state index in [1.54, 1.807) is 26.1 Å². The van der Waals surface area contributed by atoms with Crippen LogP contribution in [0.5, 0.6) is 0 Å². The normalized spacial score (nSPS) is 18.7. The first-order chi connectivity index (χ1) is 8.56. The third-order valence-corrected chi connectivity index (χ3v) is 3.06. The van der Waals surface area contributed by atoms with Crippen molar-refractivity contribution in [1.29, 1.82) is 0 Å². The van der Waals surface area contributed by atoms with Crippen molar-refractivity contribution in [2.45, 2.75) is 18.9 Å². The molecule has 2 amide bonds. The molecule has 1 fully saturated rings. The first kappa shape index (κ1) is 14.9. The molecule has 104 valence electrons. The molecule has 0 aromatic carbocycles. The average Bonchev–Trinajstić information content (AvgIpc) is 2.86. The Balaban J connectivity index is 2.58. The van der Waals surface area contributed by atoms with Gasteiger partial charge in [-0.05, 0) is 19.4 Å². The van der Waals surface area contributed by atoms with Crippen LogP contribution in [0.4, 0.5) is 0 Å². The lowest BCUT2D eigenvalue weighted by molar-refractivity contribution is -0.140. The standard InChI is InChI=1S/C12H23N3O3/c1-14(2)11(16)9-15(7-8-18-3)12(17)10-5-4-6-13-10/h10,13H,4-9H2,1-3H3/t10-/m1/s1. The Kier molecular flexibility index (Phi) is 6.07. The van der Waals surface area contributed by atoms with E-state index in [2.05, 4.69) is 5.32 Å². The second kappa shape index (κ2) is 7.33. The van der Waals surface area contributed by atoms with Gasteiger partial charge in [-0.25, -0.2) is 0 Å². The van der Waals surface area contributed by atoms with Crippen LogP contribution in [0.3, 0.4) is 0 Å². The number of ether oxygens (including phenoxy) is 1. The maximum absolute atomic E-state index is 12.2. The Morgan fingerprint density at radius 2 is 2.11 bits per heavy atom. The summed E-state index contributed by atoms with van der Waals surface area (Å²) < 4.78 is 4.99. The molecule has 1 atom stereocenters. The first-order valence-electron chi connectivity index (χ1n) is 6.27. The quantitative estimate of drug-likeness (QED) is 0.683. The molecule has 0 aliphatic carbocycles. The average molecular weight is 257 g/mol. The summed E-state index contributed by atoms with van der Waals surface area (Å²) in [6, 6.07) is -0.142. The van der Waals surface area contributed by atoms with Crippen molar-refractivity contribution in [2.75, 3.05) is 47.4 Å². The van der Waals surface area contributed by atoms with Gasteiger partial charge in [0.15, 0.2) is 0 Å². The lowest BCUT2D eigenvalue weighted by Crippen LogP contribution is -2.48. The second-order valence-corrected chi connectivity index (χ2v) is 4.69. The van der Waals surface area contributed by atoms with Crippen LogP contribution in [0.25, 0.3) is 0 Å². The van der Waals surface area contributed by atoms with Crippen molar-refractivity contribution >= 4 is 11.8 Å². The van der Waals surface area contributed by atoms with Crippen LogP contribution in [0.1, 0.15) is 12.8 Å². The fourth-order valence-corrected chi connectivity index (χ4v) is 1.89. The molecule has 0 radical (unpaired) electrons. The Bertz CT molecular complexity index is 288. The highest BCUT2D eigenvalue weighted by Gasteiger charge is 2.28. The Morgan fingerprint density at radius 3 is 2.61 bits per heavy atom. The van der Waals surface area contributed by atoms with Gasteiger partial charge in [0.1, 0.15) is 0 Å². The van der Waals surface area contributed by atoms with E-state index in [1.165, 1.54) is 4.90 Å². The van der Waals surface area contributed by atoms with Gasteiger partial charge in [-0.2, -0.15) is 0 Å². The van der Waals surface area contributed by atoms with E-state index in [0.717, 1.165) is 19.4 Å². The molecule has 0 aromatic heterocycles. The van der Waals surface area contributed by atoms with Gasteiger partial charge in [0.2, 0.25) is 11.8 Å². The van der Waals surface area contributed by atoms with Gasteiger partial charge in [0, 0.05) is 27.7 Å². The predicted molar refractivity (Wildman–Crippen MR) is 68.2 cm³/mol. The van der Waals surface area contributed by atoms with Gasteiger partial charge in [0.25, 0.3) is 0 Å². The monoisotopic (exact) mass is 257 g/mol. The maximum atomic E-state index is 12.2. The number of hydrogen-bond donors (Lipinski definition) is 1. The van der Waals surface area contributed by atoms with E-state index >= 15 is 0 Å². The molecule has 1 heterocycles. The summed E-state index contributed by atoms with van der Waals surface area (Å²) in [6.07, 6.45) is 1.86. The molecule has 6 heteroatoms. The molecule has 1 aliphatic rings. The van der Waals surface area contributed by atoms with Crippen LogP contribution in [0.2, 0.25) is 0 Å². The molecular formula is C12H23N3O3. The van der Waals surface area contributed by atoms with E-state index in [4.69, 9.17) is 4.74 Å². The van der Waals surface area contributed by atoms with E-state index < -0.39 is 0 Å². The molecule has 0 saturated carbocycles. The summed E-state index contributed by atoms with van der Waals surface area (Å²) in [5.41, 5.74) is 0. The van der Waals surface area contributed by atoms with Crippen LogP contribution in [-0.4, -0.2) is 75.1 Å². The van der Waals surface area contributed by atoms with Crippen molar-refractivity contribution in [1.82, 2.24) is 15.1 Å². The molecule has 1 aliphatic heterocycles. The highest BCUT2D eigenvalue weighted by molar-refractivity contribution is 5.87. The van der Waals surface area contributed by atoms with E-state index in [9.17, 15) is 9.59 Å². The van der Waals surface area contributed by atoms with Gasteiger partial charge in [0.05, 0.1) is 19.2 Å². The highest BCUT2D eigenvalue weighted by Crippen LogP contribution is 2.08. The fraction of sp³-hybridized carbons (Fsp3) is 0.833. The van der Waals surface area contributed by atoms with E-state index in [-0.39, 0.29) is 24.4 Å². The fourth-order valence-electron chi connectivity index (χ4n) is 1.89. The lowest BCUT2D eigenvalue weighted by atomic mass is 10.2. The number of carbonyl (C=O) groups is 2. The molecular weight excluding hydrogens is 234 g/mol. The van der Waals surface area contributed by atoms with Gasteiger partial charge in [-0.1, -0.05) is 0 Å². The lowest BCUT2D eigenvalue weighted by Gasteiger charge is -2.26. The molecule has 0 unspecified atom stereocenters. The zero-order valence-electron chi connectivity index (χ0n) is 11.4. The Hall–Kier alpha value is -1.14. The smallest absolute Gasteiger partial charge is 0.241 e. The van der Waals surface area contributed by atoms with Crippen molar-refractivity contribution < 1.29 is 14.3 Å². The molecule has 0 bridgehead atoms. The summed E-state index contributed by atoms with van der Waals surface area (Å²) in [5, 5.41) is 3.16. The minimum atomic E-state index is -0.142. The zero-order valence-corrected chi connectivity index (χ0v) is 11.4. The number of carbonyl (C=O) groups excluding carboxylic acids is 2. The molecule has 1 N–H and O–H groups in total. The van der Waals surface area contributed by atoms with Crippen molar-refractivity contribution in [3.63, 3.8) is 0 Å². The van der Waals surface area contributed by atoms with Crippen LogP contribution in [0.15, 0.2) is 0 Å². The Labute approximate surface area is 108 Å². The maximum Gasteiger partial charge on any atom is 0.241 e. The summed E-state index contributed by atoms with van der Waals surface area (Å²) in [5.74, 6) is -0.0720. The number of rotatable bonds is 6. The minimum absolute atomic E-state index is 0.000231. The molecule has 6 nitrogen and oxygen atoms in total. The SMILES string of the molecule is COCCN(CC(=O)N(C)C)C(=O)[C@H]1CCCN1. The number of methoxy groups -OCH3 is 1. The minimum Gasteiger partial charge on any atom is -0.383 e. The summed E-state index contributed by atoms with van der Waals surface area (Å²) in [4.78, 5) is 27.0. The zero-order chi connectivity index (χ0) is 13.5. The second-order valence-electron chi connectivity index (χ2n) is 4.69. The number of amides is 2. The number of likely N-dealkylation sites (N-methyl/N-ethyl adjacent to an activating group) is 1. The number of hydrogen-bond acceptors (Lipinski definition) is 4. The summed E-state index contributed by atoms with van der Waals surface area (Å²) in [7, 11) is 4.97. The van der Waals surface area contributed by atoms with E-state index in [0.29, 0.717) is 13.2 Å². The van der Waals surface area contributed by atoms with Crippen LogP contribution >= 0.6 is 0 Å². The van der Waals surface area contributed by atoms with Gasteiger partial charge in [-0.15, -0.1) is 0 Å². The molecule has 18 heavy (non-hydrogen) atoms. The van der Waals surface area contributed by atoms with Crippen molar-refractivity contribution in [2.24, 2.45) is 0 Å². The first-order valence-corrected chi connectivity index (χ1v) is 6.27. The number of nitrogens with zero attached hydrogens (tertiary/aromatic N) is 2. The van der Waals surface area contributed by atoms with Crippen LogP contribution in [0, 0.1) is 0 Å². The van der Waals surface area contributed by atoms with E-state index in [1.807, 2.05) is 0 Å². The summed E-state index contributed by atoms with van der Waals surface area (Å²) >= 11 is 0. The van der Waals surface area contributed by atoms with Crippen molar-refractivity contribution in [3.8, 4) is 0 Å². The van der Waals surface area contributed by atoms with Gasteiger partial charge < -0.3 is 19.9 Å². The molecule has 1 saturated heterocycles. The molecule has 1 rings (SSSR count). The number of nitrogens with one attached hydrogen (secondary N) is 1. The molecule has 0 aromatic rings.